The second-order valence-electron chi connectivity index (χ2n) is 15.3. The maximum Gasteiger partial charge on any atom is 0.324 e. The van der Waals surface area contributed by atoms with Crippen molar-refractivity contribution in [1.82, 2.24) is 50.1 Å². The lowest BCUT2D eigenvalue weighted by molar-refractivity contribution is -0.0510. The fourth-order valence-corrected chi connectivity index (χ4v) is 8.86. The molecule has 15 nitrogen and oxygen atoms in total. The highest BCUT2D eigenvalue weighted by molar-refractivity contribution is 5.35. The number of aliphatic hydroxyl groups is 1. The summed E-state index contributed by atoms with van der Waals surface area (Å²) < 4.78 is 14.5. The molecule has 2 N–H and O–H groups in total. The fraction of sp³-hybridized carbons (Fsp3) is 0.706. The molecule has 0 amide bonds. The maximum absolute atomic E-state index is 9.24. The van der Waals surface area contributed by atoms with Crippen LogP contribution >= 0.6 is 0 Å². The van der Waals surface area contributed by atoms with E-state index >= 15 is 0 Å². The zero-order valence-corrected chi connectivity index (χ0v) is 28.8. The zero-order valence-electron chi connectivity index (χ0n) is 28.8. The van der Waals surface area contributed by atoms with Gasteiger partial charge in [0.15, 0.2) is 11.6 Å². The smallest absolute Gasteiger partial charge is 0.324 e. The summed E-state index contributed by atoms with van der Waals surface area (Å²) in [7, 11) is 0. The van der Waals surface area contributed by atoms with Gasteiger partial charge in [-0.2, -0.15) is 20.2 Å². The lowest BCUT2D eigenvalue weighted by Crippen LogP contribution is -2.67. The summed E-state index contributed by atoms with van der Waals surface area (Å²) in [4.78, 5) is 15.5. The first-order valence-electron chi connectivity index (χ1n) is 18.1. The van der Waals surface area contributed by atoms with Crippen molar-refractivity contribution in [2.75, 3.05) is 62.2 Å². The number of nitrogens with zero attached hydrogens (tertiary/aromatic N) is 11. The minimum absolute atomic E-state index is 0.0819. The molecular weight excluding hydrogens is 624 g/mol. The average molecular weight is 675 g/mol. The summed E-state index contributed by atoms with van der Waals surface area (Å²) in [5.41, 5.74) is 0.855. The van der Waals surface area contributed by atoms with Crippen molar-refractivity contribution in [1.29, 1.82) is 0 Å². The van der Waals surface area contributed by atoms with Crippen molar-refractivity contribution < 1.29 is 14.2 Å². The topological polar surface area (TPSA) is 155 Å². The van der Waals surface area contributed by atoms with Crippen LogP contribution in [0, 0.1) is 24.7 Å². The van der Waals surface area contributed by atoms with E-state index in [4.69, 9.17) is 9.05 Å². The third-order valence-corrected chi connectivity index (χ3v) is 11.5. The Kier molecular flexibility index (Phi) is 8.91. The van der Waals surface area contributed by atoms with Gasteiger partial charge in [0.05, 0.1) is 18.2 Å². The average Bonchev–Trinajstić information content (AvgIpc) is 3.88. The van der Waals surface area contributed by atoms with Crippen molar-refractivity contribution in [2.45, 2.75) is 89.4 Å². The Labute approximate surface area is 287 Å². The van der Waals surface area contributed by atoms with E-state index < -0.39 is 0 Å². The molecule has 2 saturated carbocycles. The van der Waals surface area contributed by atoms with E-state index in [1.165, 1.54) is 51.6 Å². The Morgan fingerprint density at radius 2 is 1.18 bits per heavy atom. The molecular formula is C34H50N12O3. The molecule has 0 atom stereocenters. The Hall–Kier alpha value is -3.82. The maximum atomic E-state index is 9.24. The molecule has 0 bridgehead atoms. The summed E-state index contributed by atoms with van der Waals surface area (Å²) in [6.45, 7) is 12.4. The largest absolute Gasteiger partial charge is 0.393 e. The molecule has 0 unspecified atom stereocenters. The number of piperidine rings is 2. The van der Waals surface area contributed by atoms with Gasteiger partial charge in [-0.15, -0.1) is 0 Å². The van der Waals surface area contributed by atoms with Crippen molar-refractivity contribution in [2.24, 2.45) is 10.8 Å². The van der Waals surface area contributed by atoms with Crippen LogP contribution < -0.4 is 15.1 Å². The Morgan fingerprint density at radius 3 is 1.61 bits per heavy atom. The van der Waals surface area contributed by atoms with Crippen LogP contribution in [0.25, 0.3) is 0 Å². The molecule has 4 aliphatic heterocycles. The van der Waals surface area contributed by atoms with Gasteiger partial charge in [0, 0.05) is 80.9 Å². The Morgan fingerprint density at radius 1 is 0.694 bits per heavy atom. The third kappa shape index (κ3) is 6.97. The number of nitrogens with one attached hydrogen (secondary N) is 1. The second kappa shape index (κ2) is 13.5. The number of aromatic nitrogens is 8. The molecule has 264 valence electrons. The first-order valence-corrected chi connectivity index (χ1v) is 18.1. The molecule has 4 aromatic heterocycles. The highest BCUT2D eigenvalue weighted by Crippen LogP contribution is 2.52. The first kappa shape index (κ1) is 32.4. The van der Waals surface area contributed by atoms with Crippen LogP contribution in [-0.4, -0.2) is 114 Å². The number of aliphatic hydroxyl groups excluding tert-OH is 1. The van der Waals surface area contributed by atoms with Crippen LogP contribution in [0.2, 0.25) is 0 Å². The number of hydrogen-bond donors (Lipinski definition) is 2. The number of aryl methyl sites for hydroxylation is 2. The van der Waals surface area contributed by atoms with Crippen LogP contribution in [0.1, 0.15) is 75.1 Å². The second-order valence-corrected chi connectivity index (χ2v) is 15.3. The molecule has 0 aromatic carbocycles. The molecule has 8 heterocycles. The summed E-state index contributed by atoms with van der Waals surface area (Å²) >= 11 is 0. The van der Waals surface area contributed by atoms with Gasteiger partial charge in [-0.3, -0.25) is 9.36 Å². The molecule has 10 rings (SSSR count). The van der Waals surface area contributed by atoms with Crippen LogP contribution in [-0.2, 0) is 0 Å². The van der Waals surface area contributed by atoms with E-state index in [9.17, 15) is 5.11 Å². The summed E-state index contributed by atoms with van der Waals surface area (Å²) in [6.07, 6.45) is 17.2. The van der Waals surface area contributed by atoms with Crippen molar-refractivity contribution in [3.05, 3.63) is 48.6 Å². The van der Waals surface area contributed by atoms with E-state index in [1.807, 2.05) is 38.4 Å². The molecule has 2 spiro atoms. The van der Waals surface area contributed by atoms with Crippen LogP contribution in [0.4, 0.5) is 12.0 Å². The van der Waals surface area contributed by atoms with Crippen molar-refractivity contribution in [3.63, 3.8) is 0 Å². The van der Waals surface area contributed by atoms with Crippen molar-refractivity contribution in [3.8, 4) is 0 Å². The standard InChI is InChI=1S/C17H24N6O.C9H13N3O2.C8H13N3/c1-13-19-16(24-20-13)22-11-17(12-22)9-15(10-17)21-7-3-14(4-8-21)23-6-2-5-18-23;1-6-10-8(14-11-6)12-4-9(5-12)2-7(13)3-9;1-4-10-11(7-1)8-2-5-9-6-3-8/h2,5-6,14-15H,3-4,7-12H2,1H3;7,13H,2-5H2,1H3;1,4,7-9H,2-3,5-6H2. The summed E-state index contributed by atoms with van der Waals surface area (Å²) in [5.74, 6) is 1.40. The van der Waals surface area contributed by atoms with Crippen molar-refractivity contribution >= 4 is 12.0 Å². The van der Waals surface area contributed by atoms with Gasteiger partial charge in [0.2, 0.25) is 0 Å². The molecule has 15 heteroatoms. The third-order valence-electron chi connectivity index (χ3n) is 11.5. The highest BCUT2D eigenvalue weighted by atomic mass is 16.5. The summed E-state index contributed by atoms with van der Waals surface area (Å²) in [5, 5.41) is 28.8. The van der Waals surface area contributed by atoms with E-state index in [1.54, 1.807) is 0 Å². The monoisotopic (exact) mass is 674 g/mol. The van der Waals surface area contributed by atoms with E-state index in [-0.39, 0.29) is 6.10 Å². The minimum atomic E-state index is -0.0819. The van der Waals surface area contributed by atoms with Crippen LogP contribution in [0.15, 0.2) is 46.0 Å². The predicted octanol–water partition coefficient (Wildman–Crippen LogP) is 3.03. The molecule has 4 aromatic rings. The normalized spacial score (nSPS) is 23.9. The Bertz CT molecular complexity index is 1590. The molecule has 6 fully saturated rings. The first-order chi connectivity index (χ1) is 23.8. The van der Waals surface area contributed by atoms with Gasteiger partial charge in [-0.1, -0.05) is 10.3 Å². The molecule has 2 aliphatic carbocycles. The van der Waals surface area contributed by atoms with Gasteiger partial charge in [0.25, 0.3) is 0 Å². The SMILES string of the molecule is Cc1noc(N2CC3(CC(N4CCC(n5cccn5)CC4)C3)C2)n1.Cc1noc(N2CC3(CC(O)C3)C2)n1.c1cnn(C2CCNCC2)c1. The molecule has 4 saturated heterocycles. The van der Waals surface area contributed by atoms with Gasteiger partial charge in [-0.05, 0) is 90.4 Å². The van der Waals surface area contributed by atoms with E-state index in [0.717, 1.165) is 64.0 Å². The number of hydrogen-bond acceptors (Lipinski definition) is 13. The van der Waals surface area contributed by atoms with Crippen LogP contribution in [0.3, 0.4) is 0 Å². The van der Waals surface area contributed by atoms with E-state index in [0.29, 0.717) is 40.8 Å². The van der Waals surface area contributed by atoms with Gasteiger partial charge in [-0.25, -0.2) is 0 Å². The lowest BCUT2D eigenvalue weighted by Gasteiger charge is -2.61. The van der Waals surface area contributed by atoms with Gasteiger partial charge < -0.3 is 34.2 Å². The van der Waals surface area contributed by atoms with Gasteiger partial charge in [0.1, 0.15) is 0 Å². The van der Waals surface area contributed by atoms with E-state index in [2.05, 4.69) is 72.3 Å². The lowest BCUT2D eigenvalue weighted by atomic mass is 9.60. The molecule has 0 radical (unpaired) electrons. The summed E-state index contributed by atoms with van der Waals surface area (Å²) in [6, 6.07) is 7.32. The number of likely N-dealkylation sites (tertiary alicyclic amines) is 1. The Balaban J connectivity index is 0.000000118. The van der Waals surface area contributed by atoms with Gasteiger partial charge >= 0.3 is 12.0 Å². The molecule has 6 aliphatic rings. The quantitative estimate of drug-likeness (QED) is 0.319. The fourth-order valence-electron chi connectivity index (χ4n) is 8.86. The number of rotatable bonds is 5. The number of anilines is 2. The highest BCUT2D eigenvalue weighted by Gasteiger charge is 2.55. The predicted molar refractivity (Wildman–Crippen MR) is 181 cm³/mol. The van der Waals surface area contributed by atoms with Crippen LogP contribution in [0.5, 0.6) is 0 Å². The zero-order chi connectivity index (χ0) is 33.4. The molecule has 49 heavy (non-hydrogen) atoms. The minimum Gasteiger partial charge on any atom is -0.393 e.